The molecular formula is C10H18NO+. The lowest BCUT2D eigenvalue weighted by molar-refractivity contribution is -0.953. The summed E-state index contributed by atoms with van der Waals surface area (Å²) in [5.74, 6) is 0. The summed E-state index contributed by atoms with van der Waals surface area (Å²) >= 11 is 0. The molecule has 3 aliphatic rings. The van der Waals surface area contributed by atoms with Gasteiger partial charge in [0.25, 0.3) is 0 Å². The van der Waals surface area contributed by atoms with Crippen LogP contribution in [0.25, 0.3) is 0 Å². The zero-order valence-corrected chi connectivity index (χ0v) is 7.99. The van der Waals surface area contributed by atoms with Crippen molar-refractivity contribution < 1.29 is 9.22 Å². The van der Waals surface area contributed by atoms with Crippen LogP contribution >= 0.6 is 0 Å². The Labute approximate surface area is 74.1 Å². The number of epoxide rings is 1. The SMILES string of the molecule is CC[N+]1(C)C2CCCC1C1OC12. The van der Waals surface area contributed by atoms with Crippen molar-refractivity contribution in [1.82, 2.24) is 0 Å². The number of ether oxygens (including phenoxy) is 1. The highest BCUT2D eigenvalue weighted by molar-refractivity contribution is 5.06. The number of hydrogen-bond donors (Lipinski definition) is 0. The number of morpholine rings is 1. The molecule has 3 aliphatic heterocycles. The van der Waals surface area contributed by atoms with E-state index in [4.69, 9.17) is 4.74 Å². The maximum atomic E-state index is 5.70. The first-order valence-corrected chi connectivity index (χ1v) is 5.27. The number of nitrogens with zero attached hydrogens (tertiary/aromatic N) is 1. The largest absolute Gasteiger partial charge is 0.357 e. The summed E-state index contributed by atoms with van der Waals surface area (Å²) < 4.78 is 7.02. The van der Waals surface area contributed by atoms with E-state index in [-0.39, 0.29) is 0 Å². The first kappa shape index (κ1) is 7.34. The molecule has 3 heterocycles. The summed E-state index contributed by atoms with van der Waals surface area (Å²) in [6.07, 6.45) is 5.56. The second-order valence-corrected chi connectivity index (χ2v) is 4.79. The van der Waals surface area contributed by atoms with Gasteiger partial charge in [0.15, 0.2) is 0 Å². The fourth-order valence-electron chi connectivity index (χ4n) is 3.60. The molecule has 12 heavy (non-hydrogen) atoms. The van der Waals surface area contributed by atoms with E-state index in [9.17, 15) is 0 Å². The molecular weight excluding hydrogens is 150 g/mol. The third-order valence-corrected chi connectivity index (χ3v) is 4.52. The fourth-order valence-corrected chi connectivity index (χ4v) is 3.60. The van der Waals surface area contributed by atoms with E-state index in [2.05, 4.69) is 14.0 Å². The lowest BCUT2D eigenvalue weighted by Crippen LogP contribution is -2.59. The predicted molar refractivity (Wildman–Crippen MR) is 46.8 cm³/mol. The lowest BCUT2D eigenvalue weighted by Gasteiger charge is -2.45. The Morgan fingerprint density at radius 1 is 1.25 bits per heavy atom. The zero-order valence-electron chi connectivity index (χ0n) is 7.99. The van der Waals surface area contributed by atoms with Crippen LogP contribution in [0, 0.1) is 0 Å². The number of hydrogen-bond acceptors (Lipinski definition) is 1. The van der Waals surface area contributed by atoms with Crippen molar-refractivity contribution in [3.63, 3.8) is 0 Å². The summed E-state index contributed by atoms with van der Waals surface area (Å²) in [6, 6.07) is 1.69. The van der Waals surface area contributed by atoms with E-state index in [0.29, 0.717) is 12.2 Å². The smallest absolute Gasteiger partial charge is 0.142 e. The second kappa shape index (κ2) is 2.05. The van der Waals surface area contributed by atoms with Crippen LogP contribution in [0.3, 0.4) is 0 Å². The molecule has 4 atom stereocenters. The summed E-state index contributed by atoms with van der Waals surface area (Å²) in [5, 5.41) is 0. The van der Waals surface area contributed by atoms with Crippen LogP contribution in [-0.4, -0.2) is 42.4 Å². The van der Waals surface area contributed by atoms with E-state index >= 15 is 0 Å². The molecule has 2 heteroatoms. The average molecular weight is 168 g/mol. The lowest BCUT2D eigenvalue weighted by atomic mass is 9.99. The van der Waals surface area contributed by atoms with Crippen molar-refractivity contribution in [2.45, 2.75) is 50.5 Å². The molecule has 3 fully saturated rings. The van der Waals surface area contributed by atoms with Gasteiger partial charge in [-0.05, 0) is 13.3 Å². The van der Waals surface area contributed by atoms with Crippen molar-refractivity contribution in [1.29, 1.82) is 0 Å². The van der Waals surface area contributed by atoms with Gasteiger partial charge in [0.2, 0.25) is 0 Å². The van der Waals surface area contributed by atoms with Crippen molar-refractivity contribution in [3.05, 3.63) is 0 Å². The topological polar surface area (TPSA) is 12.5 Å². The van der Waals surface area contributed by atoms with E-state index in [1.165, 1.54) is 30.3 Å². The molecule has 68 valence electrons. The normalized spacial score (nSPS) is 61.5. The molecule has 0 saturated carbocycles. The van der Waals surface area contributed by atoms with Crippen LogP contribution in [0.1, 0.15) is 26.2 Å². The Kier molecular flexibility index (Phi) is 1.25. The third-order valence-electron chi connectivity index (χ3n) is 4.52. The van der Waals surface area contributed by atoms with Crippen LogP contribution in [-0.2, 0) is 4.74 Å². The van der Waals surface area contributed by atoms with Gasteiger partial charge >= 0.3 is 0 Å². The van der Waals surface area contributed by atoms with Crippen LogP contribution in [0.4, 0.5) is 0 Å². The predicted octanol–water partition coefficient (Wildman–Crippen LogP) is 1.15. The van der Waals surface area contributed by atoms with E-state index < -0.39 is 0 Å². The van der Waals surface area contributed by atoms with Gasteiger partial charge in [-0.2, -0.15) is 0 Å². The van der Waals surface area contributed by atoms with Crippen LogP contribution in [0.15, 0.2) is 0 Å². The maximum Gasteiger partial charge on any atom is 0.142 e. The fraction of sp³-hybridized carbons (Fsp3) is 1.00. The standard InChI is InChI=1S/C10H18NO/c1-3-11(2)7-5-4-6-8(11)10-9(7)12-10/h7-10H,3-6H2,1-2H3/q+1. The molecule has 0 aromatic heterocycles. The quantitative estimate of drug-likeness (QED) is 0.423. The molecule has 2 bridgehead atoms. The molecule has 0 spiro atoms. The van der Waals surface area contributed by atoms with E-state index in [0.717, 1.165) is 12.1 Å². The van der Waals surface area contributed by atoms with Gasteiger partial charge in [-0.1, -0.05) is 0 Å². The first-order chi connectivity index (χ1) is 5.77. The molecule has 0 aromatic carbocycles. The van der Waals surface area contributed by atoms with Gasteiger partial charge in [0.1, 0.15) is 24.3 Å². The Morgan fingerprint density at radius 3 is 2.25 bits per heavy atom. The second-order valence-electron chi connectivity index (χ2n) is 4.79. The van der Waals surface area contributed by atoms with Gasteiger partial charge in [0.05, 0.1) is 13.6 Å². The van der Waals surface area contributed by atoms with Crippen molar-refractivity contribution >= 4 is 0 Å². The first-order valence-electron chi connectivity index (χ1n) is 5.27. The molecule has 0 aromatic rings. The monoisotopic (exact) mass is 168 g/mol. The molecule has 3 rings (SSSR count). The van der Waals surface area contributed by atoms with Gasteiger partial charge < -0.3 is 9.22 Å². The number of piperidine rings is 1. The summed E-state index contributed by atoms with van der Waals surface area (Å²) in [7, 11) is 2.43. The molecule has 2 nitrogen and oxygen atoms in total. The number of likely N-dealkylation sites (N-methyl/N-ethyl adjacent to an activating group) is 1. The van der Waals surface area contributed by atoms with Gasteiger partial charge in [0, 0.05) is 12.8 Å². The minimum absolute atomic E-state index is 0.655. The number of fused-ring (bicyclic) bond motifs is 5. The Hall–Kier alpha value is -0.0800. The Morgan fingerprint density at radius 2 is 1.83 bits per heavy atom. The highest BCUT2D eigenvalue weighted by Gasteiger charge is 2.69. The highest BCUT2D eigenvalue weighted by atomic mass is 16.6. The molecule has 0 N–H and O–H groups in total. The van der Waals surface area contributed by atoms with Crippen molar-refractivity contribution in [2.75, 3.05) is 13.6 Å². The molecule has 4 unspecified atom stereocenters. The Balaban J connectivity index is 1.96. The van der Waals surface area contributed by atoms with Crippen molar-refractivity contribution in [2.24, 2.45) is 0 Å². The van der Waals surface area contributed by atoms with E-state index in [1.54, 1.807) is 0 Å². The van der Waals surface area contributed by atoms with Gasteiger partial charge in [-0.15, -0.1) is 0 Å². The van der Waals surface area contributed by atoms with Crippen LogP contribution < -0.4 is 0 Å². The van der Waals surface area contributed by atoms with Gasteiger partial charge in [-0.25, -0.2) is 0 Å². The Bertz CT molecular complexity index is 200. The molecule has 0 amide bonds. The number of rotatable bonds is 1. The summed E-state index contributed by atoms with van der Waals surface area (Å²) in [5.41, 5.74) is 0. The minimum Gasteiger partial charge on any atom is -0.357 e. The maximum absolute atomic E-state index is 5.70. The summed E-state index contributed by atoms with van der Waals surface area (Å²) in [4.78, 5) is 0. The van der Waals surface area contributed by atoms with Gasteiger partial charge in [-0.3, -0.25) is 0 Å². The highest BCUT2D eigenvalue weighted by Crippen LogP contribution is 2.51. The average Bonchev–Trinajstić information content (AvgIpc) is 2.79. The summed E-state index contributed by atoms with van der Waals surface area (Å²) in [6.45, 7) is 3.63. The molecule has 0 radical (unpaired) electrons. The molecule has 3 saturated heterocycles. The number of quaternary nitrogens is 1. The van der Waals surface area contributed by atoms with Crippen LogP contribution in [0.5, 0.6) is 0 Å². The van der Waals surface area contributed by atoms with E-state index in [1.807, 2.05) is 0 Å². The third kappa shape index (κ3) is 0.647. The molecule has 0 aliphatic carbocycles. The zero-order chi connectivity index (χ0) is 8.34. The van der Waals surface area contributed by atoms with Crippen molar-refractivity contribution in [3.8, 4) is 0 Å². The minimum atomic E-state index is 0.655. The van der Waals surface area contributed by atoms with Crippen LogP contribution in [0.2, 0.25) is 0 Å².